The Morgan fingerprint density at radius 3 is 2.71 bits per heavy atom. The van der Waals surface area contributed by atoms with Crippen LogP contribution < -0.4 is 5.32 Å². The Kier molecular flexibility index (Phi) is 4.12. The number of hydrogen-bond donors (Lipinski definition) is 1. The molecular weight excluding hydrogens is 254 g/mol. The molecule has 1 nitrogen and oxygen atoms in total. The molecule has 110 valence electrons. The Bertz CT molecular complexity index is 642. The van der Waals surface area contributed by atoms with Gasteiger partial charge in [0.15, 0.2) is 0 Å². The molecule has 2 aromatic rings. The smallest absolute Gasteiger partial charge is 0.0326 e. The van der Waals surface area contributed by atoms with E-state index in [0.717, 1.165) is 6.54 Å². The van der Waals surface area contributed by atoms with Gasteiger partial charge in [-0.2, -0.15) is 0 Å². The van der Waals surface area contributed by atoms with Crippen LogP contribution in [0.15, 0.2) is 36.4 Å². The largest absolute Gasteiger partial charge is 0.310 e. The molecule has 1 heteroatoms. The van der Waals surface area contributed by atoms with Gasteiger partial charge in [-0.3, -0.25) is 0 Å². The Balaban J connectivity index is 1.90. The van der Waals surface area contributed by atoms with E-state index in [1.807, 2.05) is 0 Å². The van der Waals surface area contributed by atoms with Crippen molar-refractivity contribution in [3.8, 4) is 11.1 Å². The molecule has 0 radical (unpaired) electrons. The van der Waals surface area contributed by atoms with E-state index >= 15 is 0 Å². The minimum Gasteiger partial charge on any atom is -0.310 e. The lowest BCUT2D eigenvalue weighted by atomic mass is 9.95. The van der Waals surface area contributed by atoms with Crippen molar-refractivity contribution in [3.05, 3.63) is 58.7 Å². The third-order valence-corrected chi connectivity index (χ3v) is 4.55. The molecule has 3 rings (SSSR count). The summed E-state index contributed by atoms with van der Waals surface area (Å²) in [5.41, 5.74) is 8.48. The first-order valence-electron chi connectivity index (χ1n) is 8.13. The van der Waals surface area contributed by atoms with E-state index in [0.29, 0.717) is 6.04 Å². The van der Waals surface area contributed by atoms with E-state index in [2.05, 4.69) is 62.5 Å². The zero-order valence-electron chi connectivity index (χ0n) is 13.4. The van der Waals surface area contributed by atoms with Crippen molar-refractivity contribution in [2.45, 2.75) is 46.1 Å². The molecule has 1 N–H and O–H groups in total. The minimum absolute atomic E-state index is 0.563. The predicted molar refractivity (Wildman–Crippen MR) is 90.7 cm³/mol. The molecule has 0 spiro atoms. The zero-order valence-corrected chi connectivity index (χ0v) is 13.4. The zero-order chi connectivity index (χ0) is 14.8. The van der Waals surface area contributed by atoms with E-state index in [-0.39, 0.29) is 0 Å². The standard InChI is InChI=1S/C20H25N/c1-4-11-21-20-10-7-17-13-16(6-9-19(17)20)18-8-5-14(2)12-15(18)3/h5-6,8-9,12-13,20-21H,4,7,10-11H2,1-3H3. The molecule has 1 aliphatic carbocycles. The van der Waals surface area contributed by atoms with Crippen molar-refractivity contribution in [2.24, 2.45) is 0 Å². The van der Waals surface area contributed by atoms with E-state index in [9.17, 15) is 0 Å². The maximum absolute atomic E-state index is 3.67. The van der Waals surface area contributed by atoms with Crippen LogP contribution >= 0.6 is 0 Å². The molecule has 0 saturated carbocycles. The number of hydrogen-bond acceptors (Lipinski definition) is 1. The summed E-state index contributed by atoms with van der Waals surface area (Å²) in [6, 6.07) is 14.3. The highest BCUT2D eigenvalue weighted by molar-refractivity contribution is 5.69. The van der Waals surface area contributed by atoms with Gasteiger partial charge in [-0.25, -0.2) is 0 Å². The molecule has 1 atom stereocenters. The minimum atomic E-state index is 0.563. The molecule has 0 aromatic heterocycles. The van der Waals surface area contributed by atoms with Gasteiger partial charge < -0.3 is 5.32 Å². The van der Waals surface area contributed by atoms with Crippen LogP contribution in [0.4, 0.5) is 0 Å². The van der Waals surface area contributed by atoms with Gasteiger partial charge in [0.25, 0.3) is 0 Å². The SMILES string of the molecule is CCCNC1CCc2cc(-c3ccc(C)cc3C)ccc21. The Hall–Kier alpha value is -1.60. The third-order valence-electron chi connectivity index (χ3n) is 4.55. The van der Waals surface area contributed by atoms with Gasteiger partial charge >= 0.3 is 0 Å². The Morgan fingerprint density at radius 2 is 1.95 bits per heavy atom. The lowest BCUT2D eigenvalue weighted by Gasteiger charge is -2.14. The van der Waals surface area contributed by atoms with Crippen molar-refractivity contribution in [2.75, 3.05) is 6.54 Å². The Morgan fingerprint density at radius 1 is 1.10 bits per heavy atom. The van der Waals surface area contributed by atoms with E-state index in [1.54, 1.807) is 0 Å². The molecule has 0 saturated heterocycles. The van der Waals surface area contributed by atoms with Gasteiger partial charge in [0.1, 0.15) is 0 Å². The summed E-state index contributed by atoms with van der Waals surface area (Å²) in [5.74, 6) is 0. The number of fused-ring (bicyclic) bond motifs is 1. The second-order valence-corrected chi connectivity index (χ2v) is 6.28. The number of nitrogens with one attached hydrogen (secondary N) is 1. The number of aryl methyl sites for hydroxylation is 3. The molecule has 0 aliphatic heterocycles. The van der Waals surface area contributed by atoms with Gasteiger partial charge in [0.2, 0.25) is 0 Å². The quantitative estimate of drug-likeness (QED) is 0.834. The van der Waals surface area contributed by atoms with Crippen molar-refractivity contribution in [1.82, 2.24) is 5.32 Å². The first-order chi connectivity index (χ1) is 10.2. The van der Waals surface area contributed by atoms with Crippen LogP contribution in [0.3, 0.4) is 0 Å². The maximum Gasteiger partial charge on any atom is 0.0326 e. The first-order valence-corrected chi connectivity index (χ1v) is 8.13. The summed E-state index contributed by atoms with van der Waals surface area (Å²) >= 11 is 0. The van der Waals surface area contributed by atoms with Gasteiger partial charge in [-0.15, -0.1) is 0 Å². The number of rotatable bonds is 4. The summed E-state index contributed by atoms with van der Waals surface area (Å²) in [7, 11) is 0. The average molecular weight is 279 g/mol. The van der Waals surface area contributed by atoms with Crippen molar-refractivity contribution in [3.63, 3.8) is 0 Å². The van der Waals surface area contributed by atoms with Crippen LogP contribution in [0, 0.1) is 13.8 Å². The van der Waals surface area contributed by atoms with Crippen molar-refractivity contribution >= 4 is 0 Å². The molecule has 1 unspecified atom stereocenters. The van der Waals surface area contributed by atoms with E-state index in [1.165, 1.54) is 52.6 Å². The fourth-order valence-electron chi connectivity index (χ4n) is 3.45. The van der Waals surface area contributed by atoms with Crippen LogP contribution in [0.25, 0.3) is 11.1 Å². The van der Waals surface area contributed by atoms with Crippen LogP contribution in [-0.2, 0) is 6.42 Å². The normalized spacial score (nSPS) is 17.0. The topological polar surface area (TPSA) is 12.0 Å². The number of benzene rings is 2. The highest BCUT2D eigenvalue weighted by Gasteiger charge is 2.22. The monoisotopic (exact) mass is 279 g/mol. The third kappa shape index (κ3) is 2.89. The van der Waals surface area contributed by atoms with Crippen LogP contribution in [-0.4, -0.2) is 6.54 Å². The maximum atomic E-state index is 3.67. The van der Waals surface area contributed by atoms with E-state index in [4.69, 9.17) is 0 Å². The molecule has 0 bridgehead atoms. The van der Waals surface area contributed by atoms with Gasteiger partial charge in [-0.05, 0) is 67.5 Å². The fraction of sp³-hybridized carbons (Fsp3) is 0.400. The van der Waals surface area contributed by atoms with Crippen LogP contribution in [0.1, 0.15) is 48.1 Å². The fourth-order valence-corrected chi connectivity index (χ4v) is 3.45. The van der Waals surface area contributed by atoms with Crippen molar-refractivity contribution in [1.29, 1.82) is 0 Å². The summed E-state index contributed by atoms with van der Waals surface area (Å²) in [5, 5.41) is 3.67. The van der Waals surface area contributed by atoms with Gasteiger partial charge in [0.05, 0.1) is 0 Å². The molecule has 0 heterocycles. The molecule has 2 aromatic carbocycles. The lowest BCUT2D eigenvalue weighted by Crippen LogP contribution is -2.19. The average Bonchev–Trinajstić information content (AvgIpc) is 2.87. The predicted octanol–water partition coefficient (Wildman–Crippen LogP) is 4.96. The van der Waals surface area contributed by atoms with Gasteiger partial charge in [-0.1, -0.05) is 48.9 Å². The highest BCUT2D eigenvalue weighted by Crippen LogP contribution is 2.35. The molecule has 1 aliphatic rings. The summed E-state index contributed by atoms with van der Waals surface area (Å²) < 4.78 is 0. The van der Waals surface area contributed by atoms with Crippen molar-refractivity contribution < 1.29 is 0 Å². The summed E-state index contributed by atoms with van der Waals surface area (Å²) in [6.07, 6.45) is 3.65. The van der Waals surface area contributed by atoms with Crippen LogP contribution in [0.2, 0.25) is 0 Å². The summed E-state index contributed by atoms with van der Waals surface area (Å²) in [4.78, 5) is 0. The molecule has 0 fully saturated rings. The molecule has 0 amide bonds. The summed E-state index contributed by atoms with van der Waals surface area (Å²) in [6.45, 7) is 7.71. The molecular formula is C20H25N. The lowest BCUT2D eigenvalue weighted by molar-refractivity contribution is 0.529. The molecule has 21 heavy (non-hydrogen) atoms. The van der Waals surface area contributed by atoms with E-state index < -0.39 is 0 Å². The Labute approximate surface area is 128 Å². The van der Waals surface area contributed by atoms with Gasteiger partial charge in [0, 0.05) is 6.04 Å². The van der Waals surface area contributed by atoms with Crippen LogP contribution in [0.5, 0.6) is 0 Å². The second-order valence-electron chi connectivity index (χ2n) is 6.28. The first kappa shape index (κ1) is 14.3. The highest BCUT2D eigenvalue weighted by atomic mass is 14.9. The second kappa shape index (κ2) is 6.03.